The van der Waals surface area contributed by atoms with E-state index in [1.165, 1.54) is 0 Å². The lowest BCUT2D eigenvalue weighted by atomic mass is 9.95. The van der Waals surface area contributed by atoms with Crippen LogP contribution >= 0.6 is 0 Å². The van der Waals surface area contributed by atoms with Crippen LogP contribution < -0.4 is 10.2 Å². The maximum absolute atomic E-state index is 12.7. The van der Waals surface area contributed by atoms with E-state index in [9.17, 15) is 4.79 Å². The van der Waals surface area contributed by atoms with Crippen LogP contribution in [0.2, 0.25) is 0 Å². The fourth-order valence-corrected chi connectivity index (χ4v) is 2.55. The Kier molecular flexibility index (Phi) is 5.32. The standard InChI is InChI=1S/C18H24N4O/c1-6-15(14-10-8-7-9-11-14)17(23)21-16-12(2)19-18(22(4)5)20-13(16)3/h7-11,15H,6H2,1-5H3,(H,21,23). The van der Waals surface area contributed by atoms with Gasteiger partial charge in [-0.2, -0.15) is 0 Å². The van der Waals surface area contributed by atoms with Gasteiger partial charge in [0, 0.05) is 14.1 Å². The van der Waals surface area contributed by atoms with E-state index in [1.54, 1.807) is 0 Å². The molecule has 1 unspecified atom stereocenters. The van der Waals surface area contributed by atoms with Crippen LogP contribution in [-0.4, -0.2) is 30.0 Å². The Balaban J connectivity index is 2.26. The molecule has 2 rings (SSSR count). The molecule has 0 spiro atoms. The summed E-state index contributed by atoms with van der Waals surface area (Å²) in [5.74, 6) is 0.447. The van der Waals surface area contributed by atoms with Gasteiger partial charge in [0.05, 0.1) is 23.0 Å². The second-order valence-corrected chi connectivity index (χ2v) is 5.82. The van der Waals surface area contributed by atoms with Crippen LogP contribution in [0.4, 0.5) is 11.6 Å². The van der Waals surface area contributed by atoms with Gasteiger partial charge in [-0.3, -0.25) is 4.79 Å². The molecule has 2 aromatic rings. The van der Waals surface area contributed by atoms with E-state index in [2.05, 4.69) is 15.3 Å². The molecule has 0 aliphatic carbocycles. The summed E-state index contributed by atoms with van der Waals surface area (Å²) in [6.07, 6.45) is 0.741. The Hall–Kier alpha value is -2.43. The summed E-state index contributed by atoms with van der Waals surface area (Å²) in [6, 6.07) is 9.84. The van der Waals surface area contributed by atoms with E-state index >= 15 is 0 Å². The first kappa shape index (κ1) is 16.9. The van der Waals surface area contributed by atoms with Gasteiger partial charge in [-0.05, 0) is 25.8 Å². The van der Waals surface area contributed by atoms with Gasteiger partial charge in [0.25, 0.3) is 0 Å². The lowest BCUT2D eigenvalue weighted by Crippen LogP contribution is -2.23. The molecule has 23 heavy (non-hydrogen) atoms. The molecule has 1 aromatic heterocycles. The normalized spacial score (nSPS) is 11.9. The maximum Gasteiger partial charge on any atom is 0.232 e. The molecule has 0 radical (unpaired) electrons. The number of nitrogens with one attached hydrogen (secondary N) is 1. The van der Waals surface area contributed by atoms with Gasteiger partial charge < -0.3 is 10.2 Å². The molecule has 1 aromatic carbocycles. The second-order valence-electron chi connectivity index (χ2n) is 5.82. The van der Waals surface area contributed by atoms with Gasteiger partial charge in [-0.25, -0.2) is 9.97 Å². The van der Waals surface area contributed by atoms with E-state index in [0.717, 1.165) is 23.4 Å². The Labute approximate surface area is 137 Å². The molecular weight excluding hydrogens is 288 g/mol. The van der Waals surface area contributed by atoms with Crippen molar-refractivity contribution in [3.8, 4) is 0 Å². The summed E-state index contributed by atoms with van der Waals surface area (Å²) < 4.78 is 0. The molecule has 0 bridgehead atoms. The second kappa shape index (κ2) is 7.22. The number of rotatable bonds is 5. The summed E-state index contributed by atoms with van der Waals surface area (Å²) in [7, 11) is 3.80. The van der Waals surface area contributed by atoms with Crippen molar-refractivity contribution in [2.24, 2.45) is 0 Å². The van der Waals surface area contributed by atoms with Crippen LogP contribution in [0.25, 0.3) is 0 Å². The minimum atomic E-state index is -0.177. The molecule has 0 fully saturated rings. The Morgan fingerprint density at radius 2 is 1.70 bits per heavy atom. The first-order chi connectivity index (χ1) is 10.9. The zero-order chi connectivity index (χ0) is 17.0. The number of nitrogens with zero attached hydrogens (tertiary/aromatic N) is 3. The third kappa shape index (κ3) is 3.86. The van der Waals surface area contributed by atoms with Crippen molar-refractivity contribution in [3.05, 3.63) is 47.3 Å². The molecule has 0 aliphatic rings. The number of anilines is 2. The summed E-state index contributed by atoms with van der Waals surface area (Å²) >= 11 is 0. The van der Waals surface area contributed by atoms with Crippen molar-refractivity contribution < 1.29 is 4.79 Å². The molecular formula is C18H24N4O. The van der Waals surface area contributed by atoms with Gasteiger partial charge in [0.2, 0.25) is 11.9 Å². The molecule has 0 saturated heterocycles. The van der Waals surface area contributed by atoms with Gasteiger partial charge in [0.1, 0.15) is 0 Å². The predicted molar refractivity (Wildman–Crippen MR) is 93.9 cm³/mol. The highest BCUT2D eigenvalue weighted by molar-refractivity contribution is 5.96. The smallest absolute Gasteiger partial charge is 0.232 e. The van der Waals surface area contributed by atoms with Crippen LogP contribution in [-0.2, 0) is 4.79 Å². The van der Waals surface area contributed by atoms with E-state index in [-0.39, 0.29) is 11.8 Å². The largest absolute Gasteiger partial charge is 0.347 e. The summed E-state index contributed by atoms with van der Waals surface area (Å²) in [4.78, 5) is 23.4. The minimum Gasteiger partial charge on any atom is -0.347 e. The number of hydrogen-bond donors (Lipinski definition) is 1. The van der Waals surface area contributed by atoms with Crippen LogP contribution in [0.3, 0.4) is 0 Å². The summed E-state index contributed by atoms with van der Waals surface area (Å²) in [5.41, 5.74) is 3.28. The average Bonchev–Trinajstić information content (AvgIpc) is 2.52. The number of benzene rings is 1. The van der Waals surface area contributed by atoms with Gasteiger partial charge >= 0.3 is 0 Å². The van der Waals surface area contributed by atoms with E-state index in [1.807, 2.05) is 70.1 Å². The SMILES string of the molecule is CCC(C(=O)Nc1c(C)nc(N(C)C)nc1C)c1ccccc1. The van der Waals surface area contributed by atoms with Crippen molar-refractivity contribution in [1.29, 1.82) is 0 Å². The number of aromatic nitrogens is 2. The van der Waals surface area contributed by atoms with Gasteiger partial charge in [0.15, 0.2) is 0 Å². The highest BCUT2D eigenvalue weighted by atomic mass is 16.1. The highest BCUT2D eigenvalue weighted by Gasteiger charge is 2.21. The number of amides is 1. The van der Waals surface area contributed by atoms with Crippen molar-refractivity contribution >= 4 is 17.5 Å². The molecule has 1 N–H and O–H groups in total. The number of aryl methyl sites for hydroxylation is 2. The quantitative estimate of drug-likeness (QED) is 0.920. The van der Waals surface area contributed by atoms with Crippen molar-refractivity contribution in [2.75, 3.05) is 24.3 Å². The molecule has 5 nitrogen and oxygen atoms in total. The monoisotopic (exact) mass is 312 g/mol. The number of carbonyl (C=O) groups is 1. The first-order valence-corrected chi connectivity index (χ1v) is 7.82. The molecule has 0 saturated carbocycles. The third-order valence-corrected chi connectivity index (χ3v) is 3.83. The predicted octanol–water partition coefficient (Wildman–Crippen LogP) is 3.29. The van der Waals surface area contributed by atoms with Crippen LogP contribution in [0.5, 0.6) is 0 Å². The summed E-state index contributed by atoms with van der Waals surface area (Å²) in [5, 5.41) is 3.01. The fourth-order valence-electron chi connectivity index (χ4n) is 2.55. The van der Waals surface area contributed by atoms with Gasteiger partial charge in [-0.1, -0.05) is 37.3 Å². The lowest BCUT2D eigenvalue weighted by molar-refractivity contribution is -0.117. The molecule has 1 atom stereocenters. The molecule has 1 amide bonds. The van der Waals surface area contributed by atoms with Crippen LogP contribution in [0.1, 0.15) is 36.2 Å². The molecule has 5 heteroatoms. The van der Waals surface area contributed by atoms with E-state index < -0.39 is 0 Å². The average molecular weight is 312 g/mol. The maximum atomic E-state index is 12.7. The number of carbonyl (C=O) groups excluding carboxylic acids is 1. The van der Waals surface area contributed by atoms with E-state index in [0.29, 0.717) is 11.6 Å². The van der Waals surface area contributed by atoms with Crippen LogP contribution in [0, 0.1) is 13.8 Å². The van der Waals surface area contributed by atoms with Crippen molar-refractivity contribution in [3.63, 3.8) is 0 Å². The van der Waals surface area contributed by atoms with Crippen molar-refractivity contribution in [1.82, 2.24) is 9.97 Å². The van der Waals surface area contributed by atoms with Crippen molar-refractivity contribution in [2.45, 2.75) is 33.1 Å². The van der Waals surface area contributed by atoms with E-state index in [4.69, 9.17) is 0 Å². The van der Waals surface area contributed by atoms with Gasteiger partial charge in [-0.15, -0.1) is 0 Å². The lowest BCUT2D eigenvalue weighted by Gasteiger charge is -2.19. The fraction of sp³-hybridized carbons (Fsp3) is 0.389. The topological polar surface area (TPSA) is 58.1 Å². The molecule has 122 valence electrons. The molecule has 1 heterocycles. The number of hydrogen-bond acceptors (Lipinski definition) is 4. The zero-order valence-corrected chi connectivity index (χ0v) is 14.4. The minimum absolute atomic E-state index is 0.0221. The third-order valence-electron chi connectivity index (χ3n) is 3.83. The Bertz CT molecular complexity index is 660. The Morgan fingerprint density at radius 1 is 1.13 bits per heavy atom. The first-order valence-electron chi connectivity index (χ1n) is 7.82. The zero-order valence-electron chi connectivity index (χ0n) is 14.4. The van der Waals surface area contributed by atoms with Crippen LogP contribution in [0.15, 0.2) is 30.3 Å². The highest BCUT2D eigenvalue weighted by Crippen LogP contribution is 2.24. The molecule has 0 aliphatic heterocycles. The summed E-state index contributed by atoms with van der Waals surface area (Å²) in [6.45, 7) is 5.80. The Morgan fingerprint density at radius 3 is 2.17 bits per heavy atom.